The van der Waals surface area contributed by atoms with Gasteiger partial charge in [-0.1, -0.05) is 90.7 Å². The minimum Gasteiger partial charge on any atom is -0.427 e. The van der Waals surface area contributed by atoms with E-state index in [4.69, 9.17) is 33.4 Å². The molecule has 0 radical (unpaired) electrons. The second-order valence-electron chi connectivity index (χ2n) is 23.3. The highest BCUT2D eigenvalue weighted by molar-refractivity contribution is 8.76. The van der Waals surface area contributed by atoms with Crippen LogP contribution in [0.1, 0.15) is 108 Å². The van der Waals surface area contributed by atoms with Crippen molar-refractivity contribution in [1.29, 1.82) is 0 Å². The SMILES string of the molecule is CC[C@H](C)[C@@H]1NC(=O)[C@H](Cc2ccccc2)NC(=O)CCSSC[C@@H](C(=O)N2CCC[C@H]2C(=O)N[C@@H](CCCN=C(N)N)C(=O)N[C@@H](Cc2ccc(OC(=O)CCCC[C@@H]3SC[C@@H]4NC(=O)N[C@@H]43)cc2)C(N)=O)NC(=O)[C@H](CC(N)=O)NC(=O)C(CCC(N)=O)NC1=O. The van der Waals surface area contributed by atoms with Crippen molar-refractivity contribution < 1.29 is 67.1 Å². The largest absolute Gasteiger partial charge is 0.427 e. The normalized spacial score (nSPS) is 24.1. The summed E-state index contributed by atoms with van der Waals surface area (Å²) in [7, 11) is 2.21. The number of hydrogen-bond donors (Lipinski definition) is 14. The van der Waals surface area contributed by atoms with Crippen LogP contribution in [0.4, 0.5) is 4.79 Å². The Morgan fingerprint density at radius 1 is 0.710 bits per heavy atom. The molecule has 19 N–H and O–H groups in total. The molecule has 4 heterocycles. The van der Waals surface area contributed by atoms with E-state index in [0.29, 0.717) is 24.0 Å². The third-order valence-corrected chi connectivity index (χ3v) is 20.1. The van der Waals surface area contributed by atoms with Crippen LogP contribution >= 0.6 is 33.3 Å². The number of carbonyl (C=O) groups excluding carboxylic acids is 13. The average Bonchev–Trinajstić information content (AvgIpc) is 1.74. The van der Waals surface area contributed by atoms with Crippen molar-refractivity contribution >= 4 is 116 Å². The number of likely N-dealkylation sites (tertiary alicyclic amines) is 1. The van der Waals surface area contributed by atoms with E-state index in [1.807, 2.05) is 0 Å². The number of carbonyl (C=O) groups is 13. The number of thioether (sulfide) groups is 1. The van der Waals surface area contributed by atoms with Crippen molar-refractivity contribution in [2.24, 2.45) is 39.6 Å². The van der Waals surface area contributed by atoms with Crippen molar-refractivity contribution in [3.05, 3.63) is 65.7 Å². The summed E-state index contributed by atoms with van der Waals surface area (Å²) in [6.07, 6.45) is 1.33. The molecule has 0 aliphatic carbocycles. The van der Waals surface area contributed by atoms with Gasteiger partial charge in [0.1, 0.15) is 54.1 Å². The Hall–Kier alpha value is -8.33. The van der Waals surface area contributed by atoms with E-state index in [9.17, 15) is 62.3 Å². The number of rotatable bonds is 27. The molecule has 0 saturated carbocycles. The maximum Gasteiger partial charge on any atom is 0.315 e. The second kappa shape index (κ2) is 36.8. The summed E-state index contributed by atoms with van der Waals surface area (Å²) in [5, 5.41) is 24.6. The van der Waals surface area contributed by atoms with Crippen LogP contribution < -0.4 is 81.3 Å². The number of nitrogens with two attached hydrogens (primary N) is 5. The number of hydrogen-bond acceptors (Lipinski definition) is 18. The van der Waals surface area contributed by atoms with Gasteiger partial charge in [0, 0.05) is 67.7 Å². The van der Waals surface area contributed by atoms with Gasteiger partial charge in [-0.15, -0.1) is 0 Å². The van der Waals surface area contributed by atoms with Gasteiger partial charge in [-0.2, -0.15) is 11.8 Å². The Kier molecular flexibility index (Phi) is 29.2. The maximum absolute atomic E-state index is 14.9. The van der Waals surface area contributed by atoms with Crippen LogP contribution in [-0.4, -0.2) is 184 Å². The number of nitrogens with zero attached hydrogens (tertiary/aromatic N) is 2. The predicted octanol–water partition coefficient (Wildman–Crippen LogP) is -2.00. The number of unbranched alkanes of at least 4 members (excludes halogenated alkanes) is 1. The number of ether oxygens (including phenoxy) is 1. The van der Waals surface area contributed by atoms with Crippen molar-refractivity contribution in [2.45, 2.75) is 176 Å². The van der Waals surface area contributed by atoms with Gasteiger partial charge in [-0.05, 0) is 74.1 Å². The lowest BCUT2D eigenvalue weighted by Crippen LogP contribution is -2.61. The lowest BCUT2D eigenvalue weighted by Gasteiger charge is -2.31. The second-order valence-corrected chi connectivity index (χ2v) is 27.1. The molecular weight excluding hydrogens is 1260 g/mol. The summed E-state index contributed by atoms with van der Waals surface area (Å²) in [5.41, 5.74) is 29.2. The maximum atomic E-state index is 14.9. The molecule has 13 amide bonds. The third-order valence-electron chi connectivity index (χ3n) is 16.2. The number of guanidine groups is 1. The first-order valence-electron chi connectivity index (χ1n) is 31.0. The summed E-state index contributed by atoms with van der Waals surface area (Å²) in [4.78, 5) is 181. The minimum absolute atomic E-state index is 0.00996. The molecular formula is C60H86N16O14S3. The number of primary amides is 3. The Morgan fingerprint density at radius 3 is 2.11 bits per heavy atom. The number of benzene rings is 2. The van der Waals surface area contributed by atoms with Gasteiger partial charge in [-0.3, -0.25) is 62.5 Å². The summed E-state index contributed by atoms with van der Waals surface area (Å²) >= 11 is 1.79. The van der Waals surface area contributed by atoms with E-state index in [0.717, 1.165) is 40.2 Å². The molecule has 12 atom stereocenters. The molecule has 4 aliphatic rings. The molecule has 2 aromatic carbocycles. The fraction of sp³-hybridized carbons (Fsp3) is 0.567. The molecule has 0 aromatic heterocycles. The topological polar surface area (TPSA) is 485 Å². The Balaban J connectivity index is 1.16. The molecule has 33 heteroatoms. The van der Waals surface area contributed by atoms with E-state index in [2.05, 4.69) is 52.8 Å². The molecule has 93 heavy (non-hydrogen) atoms. The lowest BCUT2D eigenvalue weighted by atomic mass is 9.96. The van der Waals surface area contributed by atoms with E-state index < -0.39 is 144 Å². The van der Waals surface area contributed by atoms with Crippen LogP contribution in [-0.2, 0) is 70.4 Å². The van der Waals surface area contributed by atoms with Gasteiger partial charge in [0.05, 0.1) is 18.5 Å². The average molecular weight is 1350 g/mol. The van der Waals surface area contributed by atoms with Crippen molar-refractivity contribution in [3.8, 4) is 5.75 Å². The van der Waals surface area contributed by atoms with Gasteiger partial charge in [0.2, 0.25) is 65.0 Å². The quantitative estimate of drug-likeness (QED) is 0.00875. The van der Waals surface area contributed by atoms with Gasteiger partial charge in [-0.25, -0.2) is 4.79 Å². The fourth-order valence-corrected chi connectivity index (χ4v) is 14.6. The standard InChI is InChI=1S/C60H86N16O14S3/c1-3-32(2)49-57(87)69-37(21-22-45(61)77)53(83)71-40(29-46(62)78)54(84)72-42(31-93-92-26-23-47(79)67-39(55(85)74-49)28-33-11-5-4-6-12-33)58(88)76-25-10-14-43(76)56(86)68-36(13-9-24-66-59(64)65)52(82)70-38(51(63)81)27-34-17-19-35(20-18-34)90-48(80)16-8-7-15-44-50-41(30-91-44)73-60(89)75-50/h4-6,11-12,17-20,32,36-44,49-50H,3,7-10,13-16,21-31H2,1-2H3,(H2,61,77)(H2,62,78)(H2,63,81)(H,67,79)(H,68,86)(H,69,87)(H,70,82)(H,71,83)(H,72,84)(H,74,85)(H4,64,65,66)(H2,73,75,89)/t32-,36-,37?,38-,39-,40-,41-,42-,43-,44-,49-,50-/m0/s1. The zero-order valence-electron chi connectivity index (χ0n) is 52.0. The number of urea groups is 1. The fourth-order valence-electron chi connectivity index (χ4n) is 10.9. The summed E-state index contributed by atoms with van der Waals surface area (Å²) in [6, 6.07) is 3.91. The molecule has 0 spiro atoms. The summed E-state index contributed by atoms with van der Waals surface area (Å²) < 4.78 is 5.55. The van der Waals surface area contributed by atoms with E-state index >= 15 is 0 Å². The van der Waals surface area contributed by atoms with Crippen LogP contribution in [0.5, 0.6) is 5.75 Å². The zero-order valence-corrected chi connectivity index (χ0v) is 54.4. The minimum atomic E-state index is -1.78. The monoisotopic (exact) mass is 1350 g/mol. The van der Waals surface area contributed by atoms with Crippen LogP contribution in [0.25, 0.3) is 0 Å². The molecule has 508 valence electrons. The summed E-state index contributed by atoms with van der Waals surface area (Å²) in [6.45, 7) is 3.48. The first-order chi connectivity index (χ1) is 44.4. The summed E-state index contributed by atoms with van der Waals surface area (Å²) in [5.74, 6) is -9.64. The number of aliphatic imine (C=N–C) groups is 1. The van der Waals surface area contributed by atoms with Gasteiger partial charge in [0.15, 0.2) is 5.96 Å². The molecule has 4 fully saturated rings. The Morgan fingerprint density at radius 2 is 1.42 bits per heavy atom. The molecule has 4 aliphatic heterocycles. The van der Waals surface area contributed by atoms with Crippen molar-refractivity contribution in [2.75, 3.05) is 30.3 Å². The predicted molar refractivity (Wildman–Crippen MR) is 348 cm³/mol. The number of esters is 1. The molecule has 0 bridgehead atoms. The first kappa shape index (κ1) is 73.7. The Bertz CT molecular complexity index is 3040. The van der Waals surface area contributed by atoms with Crippen LogP contribution in [0, 0.1) is 5.92 Å². The van der Waals surface area contributed by atoms with Crippen LogP contribution in [0.15, 0.2) is 59.6 Å². The van der Waals surface area contributed by atoms with Crippen molar-refractivity contribution in [1.82, 2.24) is 52.8 Å². The molecule has 4 saturated heterocycles. The molecule has 2 aromatic rings. The van der Waals surface area contributed by atoms with Crippen molar-refractivity contribution in [3.63, 3.8) is 0 Å². The highest BCUT2D eigenvalue weighted by Gasteiger charge is 2.44. The zero-order chi connectivity index (χ0) is 67.7. The number of amides is 13. The van der Waals surface area contributed by atoms with Crippen LogP contribution in [0.3, 0.4) is 0 Å². The van der Waals surface area contributed by atoms with Gasteiger partial charge >= 0.3 is 12.0 Å². The van der Waals surface area contributed by atoms with Gasteiger partial charge in [0.25, 0.3) is 0 Å². The third kappa shape index (κ3) is 23.6. The van der Waals surface area contributed by atoms with E-state index in [1.54, 1.807) is 68.1 Å². The molecule has 30 nitrogen and oxygen atoms in total. The van der Waals surface area contributed by atoms with Gasteiger partial charge < -0.3 is 86.2 Å². The highest BCUT2D eigenvalue weighted by atomic mass is 33.1. The molecule has 6 rings (SSSR count). The lowest BCUT2D eigenvalue weighted by molar-refractivity contribution is -0.142. The highest BCUT2D eigenvalue weighted by Crippen LogP contribution is 2.33. The molecule has 1 unspecified atom stereocenters. The van der Waals surface area contributed by atoms with E-state index in [-0.39, 0.29) is 111 Å². The number of nitrogens with one attached hydrogen (secondary N) is 9. The smallest absolute Gasteiger partial charge is 0.315 e. The number of fused-ring (bicyclic) bond motifs is 1. The van der Waals surface area contributed by atoms with Crippen LogP contribution in [0.2, 0.25) is 0 Å². The first-order valence-corrected chi connectivity index (χ1v) is 34.5. The Labute approximate surface area is 550 Å². The van der Waals surface area contributed by atoms with E-state index in [1.165, 1.54) is 17.0 Å².